The molecule has 0 spiro atoms. The van der Waals surface area contributed by atoms with Gasteiger partial charge >= 0.3 is 5.97 Å². The van der Waals surface area contributed by atoms with Crippen molar-refractivity contribution in [2.45, 2.75) is 20.8 Å². The second-order valence-electron chi connectivity index (χ2n) is 8.31. The van der Waals surface area contributed by atoms with E-state index in [-0.39, 0.29) is 28.9 Å². The molecule has 188 valence electrons. The van der Waals surface area contributed by atoms with Crippen LogP contribution in [0, 0.1) is 13.8 Å². The fourth-order valence-corrected chi connectivity index (χ4v) is 3.95. The predicted molar refractivity (Wildman–Crippen MR) is 142 cm³/mol. The molecule has 0 fully saturated rings. The van der Waals surface area contributed by atoms with Crippen LogP contribution in [-0.4, -0.2) is 30.3 Å². The lowest BCUT2D eigenvalue weighted by Gasteiger charge is -2.15. The molecule has 3 aromatic rings. The van der Waals surface area contributed by atoms with Crippen LogP contribution in [0.5, 0.6) is 0 Å². The van der Waals surface area contributed by atoms with Crippen LogP contribution in [0.4, 0.5) is 17.1 Å². The van der Waals surface area contributed by atoms with E-state index in [1.807, 2.05) is 32.0 Å². The molecule has 0 radical (unpaired) electrons. The van der Waals surface area contributed by atoms with Gasteiger partial charge in [-0.05, 0) is 86.5 Å². The smallest absolute Gasteiger partial charge is 0.338 e. The number of esters is 1. The Bertz CT molecular complexity index is 1430. The van der Waals surface area contributed by atoms with Gasteiger partial charge in [-0.15, -0.1) is 0 Å². The quantitative estimate of drug-likeness (QED) is 0.331. The fraction of sp³-hybridized carbons (Fsp3) is 0.143. The standard InChI is InChI=1S/C28H24ClN3O5/c1-4-37-28(36)19-10-14-21(15-11-19)32-26(34)23(29)24(27(32)35)30-20-12-8-18(9-13-20)25(33)31-22-7-5-6-16(2)17(22)3/h5-15,30H,4H2,1-3H3,(H,31,33). The van der Waals surface area contributed by atoms with Crippen molar-refractivity contribution in [3.8, 4) is 0 Å². The number of carbonyl (C=O) groups excluding carboxylic acids is 4. The van der Waals surface area contributed by atoms with E-state index in [1.165, 1.54) is 24.3 Å². The lowest BCUT2D eigenvalue weighted by Crippen LogP contribution is -2.32. The molecule has 9 heteroatoms. The molecule has 3 amide bonds. The number of nitrogens with zero attached hydrogens (tertiary/aromatic N) is 1. The zero-order valence-corrected chi connectivity index (χ0v) is 21.2. The van der Waals surface area contributed by atoms with E-state index in [0.717, 1.165) is 21.7 Å². The average molecular weight is 518 g/mol. The highest BCUT2D eigenvalue weighted by atomic mass is 35.5. The third-order valence-electron chi connectivity index (χ3n) is 5.93. The molecule has 0 bridgehead atoms. The summed E-state index contributed by atoms with van der Waals surface area (Å²) >= 11 is 6.21. The molecule has 2 N–H and O–H groups in total. The molecule has 8 nitrogen and oxygen atoms in total. The van der Waals surface area contributed by atoms with Gasteiger partial charge in [0.05, 0.1) is 17.9 Å². The van der Waals surface area contributed by atoms with Crippen molar-refractivity contribution in [2.24, 2.45) is 0 Å². The first-order valence-electron chi connectivity index (χ1n) is 11.5. The van der Waals surface area contributed by atoms with Crippen molar-refractivity contribution in [1.29, 1.82) is 0 Å². The van der Waals surface area contributed by atoms with Crippen LogP contribution < -0.4 is 15.5 Å². The Labute approximate surface area is 218 Å². The van der Waals surface area contributed by atoms with Crippen LogP contribution in [0.2, 0.25) is 0 Å². The number of nitrogens with one attached hydrogen (secondary N) is 2. The molecule has 0 aliphatic carbocycles. The largest absolute Gasteiger partial charge is 0.462 e. The van der Waals surface area contributed by atoms with Gasteiger partial charge < -0.3 is 15.4 Å². The van der Waals surface area contributed by atoms with E-state index in [2.05, 4.69) is 10.6 Å². The van der Waals surface area contributed by atoms with Crippen molar-refractivity contribution in [3.63, 3.8) is 0 Å². The molecule has 3 aromatic carbocycles. The number of aryl methyl sites for hydroxylation is 1. The maximum atomic E-state index is 13.0. The molecule has 0 saturated heterocycles. The zero-order chi connectivity index (χ0) is 26.7. The maximum Gasteiger partial charge on any atom is 0.338 e. The molecule has 4 rings (SSSR count). The van der Waals surface area contributed by atoms with Crippen LogP contribution in [0.25, 0.3) is 0 Å². The molecular formula is C28H24ClN3O5. The molecule has 0 saturated carbocycles. The topological polar surface area (TPSA) is 105 Å². The molecule has 0 atom stereocenters. The van der Waals surface area contributed by atoms with Gasteiger partial charge in [-0.1, -0.05) is 23.7 Å². The highest BCUT2D eigenvalue weighted by Gasteiger charge is 2.39. The normalized spacial score (nSPS) is 13.1. The van der Waals surface area contributed by atoms with Gasteiger partial charge in [0, 0.05) is 16.9 Å². The number of halogens is 1. The Morgan fingerprint density at radius 1 is 0.892 bits per heavy atom. The number of hydrogen-bond acceptors (Lipinski definition) is 6. The predicted octanol–water partition coefficient (Wildman–Crippen LogP) is 5.17. The summed E-state index contributed by atoms with van der Waals surface area (Å²) in [6.45, 7) is 5.84. The molecule has 37 heavy (non-hydrogen) atoms. The minimum absolute atomic E-state index is 0.0891. The zero-order valence-electron chi connectivity index (χ0n) is 20.4. The summed E-state index contributed by atoms with van der Waals surface area (Å²) in [5.41, 5.74) is 4.15. The molecule has 1 aliphatic rings. The van der Waals surface area contributed by atoms with Gasteiger partial charge in [0.2, 0.25) is 0 Å². The minimum atomic E-state index is -0.692. The van der Waals surface area contributed by atoms with Crippen molar-refractivity contribution >= 4 is 52.4 Å². The average Bonchev–Trinajstić information content (AvgIpc) is 3.10. The molecule has 1 heterocycles. The number of anilines is 3. The summed E-state index contributed by atoms with van der Waals surface area (Å²) in [7, 11) is 0. The number of carbonyl (C=O) groups is 4. The summed E-state index contributed by atoms with van der Waals surface area (Å²) in [5.74, 6) is -2.11. The number of ether oxygens (including phenoxy) is 1. The van der Waals surface area contributed by atoms with E-state index in [4.69, 9.17) is 16.3 Å². The second kappa shape index (κ2) is 10.7. The van der Waals surface area contributed by atoms with Crippen LogP contribution in [0.15, 0.2) is 77.5 Å². The van der Waals surface area contributed by atoms with E-state index in [0.29, 0.717) is 16.8 Å². The van der Waals surface area contributed by atoms with E-state index in [1.54, 1.807) is 31.2 Å². The van der Waals surface area contributed by atoms with E-state index in [9.17, 15) is 19.2 Å². The number of benzene rings is 3. The lowest BCUT2D eigenvalue weighted by molar-refractivity contribution is -0.120. The molecule has 0 unspecified atom stereocenters. The second-order valence-corrected chi connectivity index (χ2v) is 8.68. The number of imide groups is 1. The van der Waals surface area contributed by atoms with Gasteiger partial charge in [0.25, 0.3) is 17.7 Å². The van der Waals surface area contributed by atoms with Crippen molar-refractivity contribution < 1.29 is 23.9 Å². The monoisotopic (exact) mass is 517 g/mol. The number of amides is 3. The van der Waals surface area contributed by atoms with E-state index < -0.39 is 17.8 Å². The van der Waals surface area contributed by atoms with Gasteiger partial charge in [0.1, 0.15) is 10.7 Å². The van der Waals surface area contributed by atoms with Gasteiger partial charge in [-0.3, -0.25) is 14.4 Å². The van der Waals surface area contributed by atoms with Crippen LogP contribution in [0.3, 0.4) is 0 Å². The number of rotatable bonds is 7. The highest BCUT2D eigenvalue weighted by molar-refractivity contribution is 6.53. The molecule has 0 aromatic heterocycles. The fourth-order valence-electron chi connectivity index (χ4n) is 3.74. The summed E-state index contributed by atoms with van der Waals surface area (Å²) in [6.07, 6.45) is 0. The van der Waals surface area contributed by atoms with Crippen LogP contribution >= 0.6 is 11.6 Å². The minimum Gasteiger partial charge on any atom is -0.462 e. The summed E-state index contributed by atoms with van der Waals surface area (Å²) in [4.78, 5) is 51.2. The Morgan fingerprint density at radius 2 is 1.54 bits per heavy atom. The van der Waals surface area contributed by atoms with Crippen molar-refractivity contribution in [1.82, 2.24) is 0 Å². The van der Waals surface area contributed by atoms with Crippen molar-refractivity contribution in [3.05, 3.63) is 99.7 Å². The van der Waals surface area contributed by atoms with Crippen LogP contribution in [-0.2, 0) is 14.3 Å². The number of hydrogen-bond donors (Lipinski definition) is 2. The SMILES string of the molecule is CCOC(=O)c1ccc(N2C(=O)C(Cl)=C(Nc3ccc(C(=O)Nc4cccc(C)c4C)cc3)C2=O)cc1. The first kappa shape index (κ1) is 25.7. The highest BCUT2D eigenvalue weighted by Crippen LogP contribution is 2.30. The van der Waals surface area contributed by atoms with Crippen LogP contribution in [0.1, 0.15) is 38.8 Å². The van der Waals surface area contributed by atoms with Gasteiger partial charge in [-0.2, -0.15) is 0 Å². The van der Waals surface area contributed by atoms with Crippen molar-refractivity contribution in [2.75, 3.05) is 22.1 Å². The Kier molecular flexibility index (Phi) is 7.40. The lowest BCUT2D eigenvalue weighted by atomic mass is 10.1. The molecule has 1 aliphatic heterocycles. The molecular weight excluding hydrogens is 494 g/mol. The Balaban J connectivity index is 1.46. The first-order valence-corrected chi connectivity index (χ1v) is 11.9. The first-order chi connectivity index (χ1) is 17.7. The Morgan fingerprint density at radius 3 is 2.19 bits per heavy atom. The third-order valence-corrected chi connectivity index (χ3v) is 6.28. The summed E-state index contributed by atoms with van der Waals surface area (Å²) in [5, 5.41) is 5.51. The Hall–Kier alpha value is -4.43. The van der Waals surface area contributed by atoms with Gasteiger partial charge in [0.15, 0.2) is 0 Å². The maximum absolute atomic E-state index is 13.0. The summed E-state index contributed by atoms with van der Waals surface area (Å²) in [6, 6.07) is 18.0. The van der Waals surface area contributed by atoms with Gasteiger partial charge in [-0.25, -0.2) is 9.69 Å². The van der Waals surface area contributed by atoms with E-state index >= 15 is 0 Å². The third kappa shape index (κ3) is 5.24. The summed E-state index contributed by atoms with van der Waals surface area (Å²) < 4.78 is 4.95.